The Bertz CT molecular complexity index is 632. The number of aromatic carboxylic acids is 1. The summed E-state index contributed by atoms with van der Waals surface area (Å²) >= 11 is 0. The van der Waals surface area contributed by atoms with Crippen molar-refractivity contribution >= 4 is 23.1 Å². The van der Waals surface area contributed by atoms with Crippen LogP contribution in [0.5, 0.6) is 0 Å². The number of benzene rings is 1. The topological polar surface area (TPSA) is 78.6 Å². The predicted molar refractivity (Wildman–Crippen MR) is 75.3 cm³/mol. The van der Waals surface area contributed by atoms with E-state index in [2.05, 4.69) is 10.3 Å². The Morgan fingerprint density at radius 3 is 2.90 bits per heavy atom. The molecule has 3 rings (SSSR count). The minimum Gasteiger partial charge on any atom is -0.478 e. The molecule has 1 aromatic heterocycles. The van der Waals surface area contributed by atoms with E-state index in [1.165, 1.54) is 6.07 Å². The summed E-state index contributed by atoms with van der Waals surface area (Å²) in [5, 5.41) is 12.3. The largest absolute Gasteiger partial charge is 0.478 e. The van der Waals surface area contributed by atoms with Gasteiger partial charge in [0.1, 0.15) is 5.52 Å². The minimum absolute atomic E-state index is 0.213. The Balaban J connectivity index is 1.89. The van der Waals surface area contributed by atoms with E-state index in [-0.39, 0.29) is 5.56 Å². The van der Waals surface area contributed by atoms with Gasteiger partial charge in [0.05, 0.1) is 5.56 Å². The van der Waals surface area contributed by atoms with Crippen molar-refractivity contribution in [3.05, 3.63) is 23.8 Å². The average molecular weight is 275 g/mol. The molecule has 0 spiro atoms. The van der Waals surface area contributed by atoms with E-state index in [9.17, 15) is 4.79 Å². The van der Waals surface area contributed by atoms with Gasteiger partial charge in [0.2, 0.25) is 0 Å². The quantitative estimate of drug-likeness (QED) is 0.888. The van der Waals surface area contributed by atoms with Crippen molar-refractivity contribution < 1.29 is 14.3 Å². The first-order valence-electron chi connectivity index (χ1n) is 6.72. The maximum absolute atomic E-state index is 11.0. The van der Waals surface area contributed by atoms with Crippen molar-refractivity contribution in [2.45, 2.75) is 18.9 Å². The molecule has 0 atom stereocenters. The van der Waals surface area contributed by atoms with Gasteiger partial charge in [0, 0.05) is 13.1 Å². The molecule has 2 aromatic rings. The fraction of sp³-hybridized carbons (Fsp3) is 0.429. The van der Waals surface area contributed by atoms with Gasteiger partial charge in [-0.05, 0) is 44.1 Å². The SMILES string of the molecule is CN(c1nc2ccc(C(=O)O)cc2o1)C1CCNCC1. The van der Waals surface area contributed by atoms with E-state index >= 15 is 0 Å². The fourth-order valence-corrected chi connectivity index (χ4v) is 2.55. The maximum atomic E-state index is 11.0. The molecule has 20 heavy (non-hydrogen) atoms. The van der Waals surface area contributed by atoms with Crippen LogP contribution in [-0.2, 0) is 0 Å². The summed E-state index contributed by atoms with van der Waals surface area (Å²) in [6, 6.07) is 5.70. The van der Waals surface area contributed by atoms with Gasteiger partial charge in [0.15, 0.2) is 5.58 Å². The molecule has 1 saturated heterocycles. The normalized spacial score (nSPS) is 16.4. The van der Waals surface area contributed by atoms with Gasteiger partial charge in [-0.15, -0.1) is 0 Å². The molecule has 0 aliphatic carbocycles. The molecule has 1 aromatic carbocycles. The molecule has 6 heteroatoms. The number of carbonyl (C=O) groups is 1. The van der Waals surface area contributed by atoms with Crippen molar-refractivity contribution in [2.24, 2.45) is 0 Å². The van der Waals surface area contributed by atoms with Crippen molar-refractivity contribution in [1.29, 1.82) is 0 Å². The first-order chi connectivity index (χ1) is 9.65. The van der Waals surface area contributed by atoms with E-state index < -0.39 is 5.97 Å². The number of aromatic nitrogens is 1. The number of hydrogen-bond donors (Lipinski definition) is 2. The van der Waals surface area contributed by atoms with Crippen LogP contribution in [0.3, 0.4) is 0 Å². The van der Waals surface area contributed by atoms with Gasteiger partial charge in [-0.3, -0.25) is 0 Å². The van der Waals surface area contributed by atoms with Crippen LogP contribution in [0.2, 0.25) is 0 Å². The molecule has 1 aliphatic heterocycles. The monoisotopic (exact) mass is 275 g/mol. The summed E-state index contributed by atoms with van der Waals surface area (Å²) in [4.78, 5) is 17.4. The summed E-state index contributed by atoms with van der Waals surface area (Å²) in [7, 11) is 1.97. The van der Waals surface area contributed by atoms with E-state index in [4.69, 9.17) is 9.52 Å². The van der Waals surface area contributed by atoms with Crippen molar-refractivity contribution in [3.63, 3.8) is 0 Å². The molecule has 0 saturated carbocycles. The van der Waals surface area contributed by atoms with Crippen LogP contribution in [0.25, 0.3) is 11.1 Å². The van der Waals surface area contributed by atoms with Gasteiger partial charge in [-0.25, -0.2) is 4.79 Å². The van der Waals surface area contributed by atoms with E-state index in [0.717, 1.165) is 25.9 Å². The summed E-state index contributed by atoms with van der Waals surface area (Å²) in [5.41, 5.74) is 1.41. The fourth-order valence-electron chi connectivity index (χ4n) is 2.55. The number of nitrogens with zero attached hydrogens (tertiary/aromatic N) is 2. The van der Waals surface area contributed by atoms with Crippen molar-refractivity contribution in [2.75, 3.05) is 25.0 Å². The molecule has 0 amide bonds. The highest BCUT2D eigenvalue weighted by atomic mass is 16.4. The molecule has 0 radical (unpaired) electrons. The molecular weight excluding hydrogens is 258 g/mol. The summed E-state index contributed by atoms with van der Waals surface area (Å²) in [6.45, 7) is 2.00. The van der Waals surface area contributed by atoms with Crippen LogP contribution < -0.4 is 10.2 Å². The Morgan fingerprint density at radius 1 is 1.45 bits per heavy atom. The Morgan fingerprint density at radius 2 is 2.20 bits per heavy atom. The van der Waals surface area contributed by atoms with Crippen molar-refractivity contribution in [3.8, 4) is 0 Å². The van der Waals surface area contributed by atoms with Gasteiger partial charge < -0.3 is 19.7 Å². The number of piperidine rings is 1. The van der Waals surface area contributed by atoms with Crippen LogP contribution in [0, 0.1) is 0 Å². The molecule has 106 valence electrons. The third-order valence-electron chi connectivity index (χ3n) is 3.78. The lowest BCUT2D eigenvalue weighted by molar-refractivity contribution is 0.0697. The lowest BCUT2D eigenvalue weighted by Crippen LogP contribution is -2.41. The smallest absolute Gasteiger partial charge is 0.335 e. The maximum Gasteiger partial charge on any atom is 0.335 e. The van der Waals surface area contributed by atoms with Gasteiger partial charge in [-0.2, -0.15) is 4.98 Å². The number of anilines is 1. The average Bonchev–Trinajstić information content (AvgIpc) is 2.90. The first-order valence-corrected chi connectivity index (χ1v) is 6.72. The number of hydrogen-bond acceptors (Lipinski definition) is 5. The second-order valence-electron chi connectivity index (χ2n) is 5.08. The third-order valence-corrected chi connectivity index (χ3v) is 3.78. The summed E-state index contributed by atoms with van der Waals surface area (Å²) in [5.74, 6) is -0.962. The Labute approximate surface area is 116 Å². The zero-order valence-electron chi connectivity index (χ0n) is 11.3. The second kappa shape index (κ2) is 5.13. The molecule has 2 N–H and O–H groups in total. The number of carboxylic acid groups (broad SMARTS) is 1. The van der Waals surface area contributed by atoms with Gasteiger partial charge in [0.25, 0.3) is 6.01 Å². The van der Waals surface area contributed by atoms with Crippen LogP contribution in [0.1, 0.15) is 23.2 Å². The van der Waals surface area contributed by atoms with E-state index in [1.54, 1.807) is 12.1 Å². The van der Waals surface area contributed by atoms with E-state index in [1.807, 2.05) is 11.9 Å². The zero-order chi connectivity index (χ0) is 14.1. The lowest BCUT2D eigenvalue weighted by Gasteiger charge is -2.30. The highest BCUT2D eigenvalue weighted by molar-refractivity contribution is 5.92. The first kappa shape index (κ1) is 12.9. The zero-order valence-corrected chi connectivity index (χ0v) is 11.3. The summed E-state index contributed by atoms with van der Waals surface area (Å²) < 4.78 is 5.70. The Hall–Kier alpha value is -2.08. The number of oxazole rings is 1. The molecule has 2 heterocycles. The predicted octanol–water partition coefficient (Wildman–Crippen LogP) is 1.71. The molecule has 0 bridgehead atoms. The number of rotatable bonds is 3. The molecular formula is C14H17N3O3. The second-order valence-corrected chi connectivity index (χ2v) is 5.08. The standard InChI is InChI=1S/C14H17N3O3/c1-17(10-4-6-15-7-5-10)14-16-11-3-2-9(13(18)19)8-12(11)20-14/h2-3,8,10,15H,4-7H2,1H3,(H,18,19). The Kier molecular flexibility index (Phi) is 3.31. The molecule has 1 fully saturated rings. The summed E-state index contributed by atoms with van der Waals surface area (Å²) in [6.07, 6.45) is 2.10. The van der Waals surface area contributed by atoms with Crippen LogP contribution in [0.15, 0.2) is 22.6 Å². The van der Waals surface area contributed by atoms with E-state index in [0.29, 0.717) is 23.2 Å². The molecule has 0 unspecified atom stereocenters. The highest BCUT2D eigenvalue weighted by Crippen LogP contribution is 2.25. The molecule has 1 aliphatic rings. The number of fused-ring (bicyclic) bond motifs is 1. The number of nitrogens with one attached hydrogen (secondary N) is 1. The third kappa shape index (κ3) is 2.34. The minimum atomic E-state index is -0.962. The highest BCUT2D eigenvalue weighted by Gasteiger charge is 2.22. The van der Waals surface area contributed by atoms with Crippen LogP contribution in [-0.4, -0.2) is 42.2 Å². The van der Waals surface area contributed by atoms with Crippen LogP contribution in [0.4, 0.5) is 6.01 Å². The number of carboxylic acids is 1. The van der Waals surface area contributed by atoms with Crippen molar-refractivity contribution in [1.82, 2.24) is 10.3 Å². The van der Waals surface area contributed by atoms with Gasteiger partial charge >= 0.3 is 5.97 Å². The molecule has 6 nitrogen and oxygen atoms in total. The van der Waals surface area contributed by atoms with Crippen LogP contribution >= 0.6 is 0 Å². The van der Waals surface area contributed by atoms with Gasteiger partial charge in [-0.1, -0.05) is 0 Å². The lowest BCUT2D eigenvalue weighted by atomic mass is 10.1.